The normalized spacial score (nSPS) is 26.8. The fourth-order valence-corrected chi connectivity index (χ4v) is 3.21. The fourth-order valence-electron chi connectivity index (χ4n) is 3.21. The molecule has 0 aliphatic heterocycles. The molecule has 3 nitrogen and oxygen atoms in total. The fraction of sp³-hybridized carbons (Fsp3) is 0.706. The van der Waals surface area contributed by atoms with Crippen molar-refractivity contribution in [1.82, 2.24) is 4.98 Å². The first-order valence-electron chi connectivity index (χ1n) is 7.94. The molecule has 1 aliphatic carbocycles. The summed E-state index contributed by atoms with van der Waals surface area (Å²) in [4.78, 5) is 4.31. The van der Waals surface area contributed by atoms with Gasteiger partial charge in [-0.05, 0) is 57.1 Å². The molecule has 112 valence electrons. The Morgan fingerprint density at radius 2 is 2.05 bits per heavy atom. The molecule has 2 N–H and O–H groups in total. The highest BCUT2D eigenvalue weighted by molar-refractivity contribution is 5.29. The molecule has 20 heavy (non-hydrogen) atoms. The van der Waals surface area contributed by atoms with E-state index in [-0.39, 0.29) is 11.6 Å². The van der Waals surface area contributed by atoms with Crippen LogP contribution in [0.15, 0.2) is 18.5 Å². The van der Waals surface area contributed by atoms with E-state index in [0.29, 0.717) is 0 Å². The van der Waals surface area contributed by atoms with Crippen molar-refractivity contribution in [3.63, 3.8) is 0 Å². The van der Waals surface area contributed by atoms with Gasteiger partial charge < -0.3 is 10.5 Å². The van der Waals surface area contributed by atoms with Crippen LogP contribution in [0.25, 0.3) is 0 Å². The molecular weight excluding hydrogens is 248 g/mol. The van der Waals surface area contributed by atoms with Crippen molar-refractivity contribution in [2.75, 3.05) is 0 Å². The lowest BCUT2D eigenvalue weighted by Gasteiger charge is -2.37. The standard InChI is InChI=1S/C17H28N2O/c1-4-5-14-6-8-17(18,9-7-14)15-10-16(12-19-11-15)20-13(2)3/h10-14H,4-9,18H2,1-3H3. The molecule has 1 heterocycles. The first-order valence-corrected chi connectivity index (χ1v) is 7.94. The molecule has 0 atom stereocenters. The molecule has 2 rings (SSSR count). The predicted octanol–water partition coefficient (Wildman–Crippen LogP) is 4.01. The number of nitrogens with two attached hydrogens (primary N) is 1. The smallest absolute Gasteiger partial charge is 0.138 e. The van der Waals surface area contributed by atoms with Crippen LogP contribution in [0.2, 0.25) is 0 Å². The maximum Gasteiger partial charge on any atom is 0.138 e. The zero-order chi connectivity index (χ0) is 14.6. The minimum Gasteiger partial charge on any atom is -0.489 e. The molecule has 0 unspecified atom stereocenters. The van der Waals surface area contributed by atoms with E-state index < -0.39 is 0 Å². The molecule has 0 amide bonds. The van der Waals surface area contributed by atoms with E-state index in [9.17, 15) is 0 Å². The number of pyridine rings is 1. The van der Waals surface area contributed by atoms with Crippen LogP contribution in [0, 0.1) is 5.92 Å². The quantitative estimate of drug-likeness (QED) is 0.883. The molecule has 1 saturated carbocycles. The van der Waals surface area contributed by atoms with E-state index in [1.54, 1.807) is 6.20 Å². The first kappa shape index (κ1) is 15.3. The summed E-state index contributed by atoms with van der Waals surface area (Å²) in [6.07, 6.45) is 11.1. The van der Waals surface area contributed by atoms with Gasteiger partial charge in [0.05, 0.1) is 12.3 Å². The Labute approximate surface area is 122 Å². The van der Waals surface area contributed by atoms with Crippen LogP contribution < -0.4 is 10.5 Å². The third-order valence-corrected chi connectivity index (χ3v) is 4.35. The van der Waals surface area contributed by atoms with Crippen LogP contribution in [0.3, 0.4) is 0 Å². The second-order valence-corrected chi connectivity index (χ2v) is 6.46. The van der Waals surface area contributed by atoms with Gasteiger partial charge in [-0.2, -0.15) is 0 Å². The molecule has 1 aliphatic rings. The topological polar surface area (TPSA) is 48.1 Å². The summed E-state index contributed by atoms with van der Waals surface area (Å²) in [5, 5.41) is 0. The highest BCUT2D eigenvalue weighted by Crippen LogP contribution is 2.39. The Morgan fingerprint density at radius 1 is 1.35 bits per heavy atom. The summed E-state index contributed by atoms with van der Waals surface area (Å²) >= 11 is 0. The summed E-state index contributed by atoms with van der Waals surface area (Å²) in [6, 6.07) is 2.08. The Balaban J connectivity index is 2.07. The van der Waals surface area contributed by atoms with Crippen LogP contribution in [0.5, 0.6) is 5.75 Å². The monoisotopic (exact) mass is 276 g/mol. The van der Waals surface area contributed by atoms with E-state index in [0.717, 1.165) is 30.1 Å². The number of ether oxygens (including phenoxy) is 1. The van der Waals surface area contributed by atoms with Crippen LogP contribution >= 0.6 is 0 Å². The number of rotatable bonds is 5. The van der Waals surface area contributed by atoms with Crippen molar-refractivity contribution in [2.45, 2.75) is 70.9 Å². The summed E-state index contributed by atoms with van der Waals surface area (Å²) in [7, 11) is 0. The van der Waals surface area contributed by atoms with Crippen molar-refractivity contribution < 1.29 is 4.74 Å². The minimum atomic E-state index is -0.215. The number of nitrogens with zero attached hydrogens (tertiary/aromatic N) is 1. The van der Waals surface area contributed by atoms with Gasteiger partial charge in [0.15, 0.2) is 0 Å². The van der Waals surface area contributed by atoms with E-state index in [1.807, 2.05) is 20.0 Å². The summed E-state index contributed by atoms with van der Waals surface area (Å²) in [6.45, 7) is 6.32. The SMILES string of the molecule is CCCC1CCC(N)(c2cncc(OC(C)C)c2)CC1. The zero-order valence-electron chi connectivity index (χ0n) is 13.1. The van der Waals surface area contributed by atoms with Gasteiger partial charge in [-0.25, -0.2) is 0 Å². The lowest BCUT2D eigenvalue weighted by molar-refractivity contribution is 0.221. The van der Waals surface area contributed by atoms with Crippen LogP contribution in [0.1, 0.15) is 64.9 Å². The van der Waals surface area contributed by atoms with Crippen molar-refractivity contribution >= 4 is 0 Å². The Kier molecular flexibility index (Phi) is 5.03. The van der Waals surface area contributed by atoms with Crippen molar-refractivity contribution in [3.05, 3.63) is 24.0 Å². The predicted molar refractivity (Wildman–Crippen MR) is 82.7 cm³/mol. The molecule has 1 aromatic rings. The van der Waals surface area contributed by atoms with Crippen molar-refractivity contribution in [2.24, 2.45) is 11.7 Å². The van der Waals surface area contributed by atoms with E-state index >= 15 is 0 Å². The largest absolute Gasteiger partial charge is 0.489 e. The highest BCUT2D eigenvalue weighted by Gasteiger charge is 2.33. The van der Waals surface area contributed by atoms with Crippen LogP contribution in [0.4, 0.5) is 0 Å². The molecule has 0 spiro atoms. The average molecular weight is 276 g/mol. The summed E-state index contributed by atoms with van der Waals surface area (Å²) in [5.74, 6) is 1.69. The minimum absolute atomic E-state index is 0.168. The Morgan fingerprint density at radius 3 is 2.65 bits per heavy atom. The van der Waals surface area contributed by atoms with Crippen molar-refractivity contribution in [3.8, 4) is 5.75 Å². The van der Waals surface area contributed by atoms with Gasteiger partial charge in [-0.1, -0.05) is 19.8 Å². The lowest BCUT2D eigenvalue weighted by atomic mass is 9.73. The number of hydrogen-bond donors (Lipinski definition) is 1. The highest BCUT2D eigenvalue weighted by atomic mass is 16.5. The molecule has 1 fully saturated rings. The van der Waals surface area contributed by atoms with Gasteiger partial charge in [0.2, 0.25) is 0 Å². The van der Waals surface area contributed by atoms with Gasteiger partial charge in [0.1, 0.15) is 5.75 Å². The summed E-state index contributed by atoms with van der Waals surface area (Å²) in [5.41, 5.74) is 7.56. The van der Waals surface area contributed by atoms with Crippen LogP contribution in [-0.4, -0.2) is 11.1 Å². The van der Waals surface area contributed by atoms with Gasteiger partial charge in [-0.3, -0.25) is 4.98 Å². The lowest BCUT2D eigenvalue weighted by Crippen LogP contribution is -2.40. The zero-order valence-corrected chi connectivity index (χ0v) is 13.1. The van der Waals surface area contributed by atoms with E-state index in [1.165, 1.54) is 25.7 Å². The van der Waals surface area contributed by atoms with Gasteiger partial charge in [0.25, 0.3) is 0 Å². The second-order valence-electron chi connectivity index (χ2n) is 6.46. The first-order chi connectivity index (χ1) is 9.53. The van der Waals surface area contributed by atoms with Gasteiger partial charge >= 0.3 is 0 Å². The molecule has 0 aromatic carbocycles. The third-order valence-electron chi connectivity index (χ3n) is 4.35. The van der Waals surface area contributed by atoms with Crippen LogP contribution in [-0.2, 0) is 5.54 Å². The molecule has 0 saturated heterocycles. The molecular formula is C17H28N2O. The van der Waals surface area contributed by atoms with Crippen molar-refractivity contribution in [1.29, 1.82) is 0 Å². The number of aromatic nitrogens is 1. The summed E-state index contributed by atoms with van der Waals surface area (Å²) < 4.78 is 5.73. The Bertz CT molecular complexity index is 423. The van der Waals surface area contributed by atoms with Gasteiger partial charge in [0, 0.05) is 11.7 Å². The van der Waals surface area contributed by atoms with E-state index in [2.05, 4.69) is 18.0 Å². The molecule has 0 radical (unpaired) electrons. The maximum atomic E-state index is 6.64. The maximum absolute atomic E-state index is 6.64. The number of hydrogen-bond acceptors (Lipinski definition) is 3. The third kappa shape index (κ3) is 3.72. The molecule has 1 aromatic heterocycles. The van der Waals surface area contributed by atoms with E-state index in [4.69, 9.17) is 10.5 Å². The molecule has 3 heteroatoms. The van der Waals surface area contributed by atoms with Gasteiger partial charge in [-0.15, -0.1) is 0 Å². The Hall–Kier alpha value is -1.09. The average Bonchev–Trinajstić information content (AvgIpc) is 2.41. The molecule has 0 bridgehead atoms. The second kappa shape index (κ2) is 6.57.